The summed E-state index contributed by atoms with van der Waals surface area (Å²) < 4.78 is 10.7. The lowest BCUT2D eigenvalue weighted by molar-refractivity contribution is 0.175. The summed E-state index contributed by atoms with van der Waals surface area (Å²) in [4.78, 5) is 0. The van der Waals surface area contributed by atoms with Crippen molar-refractivity contribution in [3.05, 3.63) is 58.7 Å². The van der Waals surface area contributed by atoms with E-state index in [1.54, 1.807) is 14.2 Å². The molecule has 0 aromatic heterocycles. The van der Waals surface area contributed by atoms with Gasteiger partial charge in [0.05, 0.1) is 20.3 Å². The molecule has 130 valence electrons. The van der Waals surface area contributed by atoms with Gasteiger partial charge in [-0.2, -0.15) is 0 Å². The number of aryl methyl sites for hydroxylation is 1. The van der Waals surface area contributed by atoms with Crippen LogP contribution in [0.2, 0.25) is 0 Å². The molecule has 0 saturated heterocycles. The monoisotopic (exact) mass is 329 g/mol. The predicted molar refractivity (Wildman–Crippen MR) is 97.0 cm³/mol. The summed E-state index contributed by atoms with van der Waals surface area (Å²) in [7, 11) is 3.30. The molecule has 4 nitrogen and oxygen atoms in total. The van der Waals surface area contributed by atoms with Crippen LogP contribution in [0, 0.1) is 13.8 Å². The second-order valence-electron chi connectivity index (χ2n) is 5.97. The fraction of sp³-hybridized carbons (Fsp3) is 0.400. The van der Waals surface area contributed by atoms with E-state index in [4.69, 9.17) is 9.47 Å². The van der Waals surface area contributed by atoms with Gasteiger partial charge < -0.3 is 19.9 Å². The summed E-state index contributed by atoms with van der Waals surface area (Å²) in [6.45, 7) is 5.40. The van der Waals surface area contributed by atoms with E-state index in [1.807, 2.05) is 44.2 Å². The summed E-state index contributed by atoms with van der Waals surface area (Å²) in [6.07, 6.45) is 0.378. The van der Waals surface area contributed by atoms with Crippen molar-refractivity contribution in [2.45, 2.75) is 26.4 Å². The Hall–Kier alpha value is -2.04. The molecule has 0 amide bonds. The van der Waals surface area contributed by atoms with E-state index in [0.29, 0.717) is 6.54 Å². The van der Waals surface area contributed by atoms with Gasteiger partial charge in [0.1, 0.15) is 0 Å². The fourth-order valence-corrected chi connectivity index (χ4v) is 2.85. The Balaban J connectivity index is 1.88. The Morgan fingerprint density at radius 3 is 2.54 bits per heavy atom. The van der Waals surface area contributed by atoms with Crippen molar-refractivity contribution < 1.29 is 14.6 Å². The molecule has 4 heteroatoms. The van der Waals surface area contributed by atoms with E-state index >= 15 is 0 Å². The molecule has 0 fully saturated rings. The number of ether oxygens (including phenoxy) is 2. The van der Waals surface area contributed by atoms with Gasteiger partial charge in [-0.15, -0.1) is 0 Å². The molecule has 2 aromatic carbocycles. The van der Waals surface area contributed by atoms with E-state index in [-0.39, 0.29) is 0 Å². The number of rotatable bonds is 8. The first-order valence-corrected chi connectivity index (χ1v) is 8.22. The molecule has 0 radical (unpaired) electrons. The van der Waals surface area contributed by atoms with Gasteiger partial charge in [-0.25, -0.2) is 0 Å². The van der Waals surface area contributed by atoms with Crippen molar-refractivity contribution >= 4 is 0 Å². The van der Waals surface area contributed by atoms with Gasteiger partial charge in [-0.05, 0) is 49.6 Å². The number of benzene rings is 2. The minimum absolute atomic E-state index is 0.489. The molecule has 0 unspecified atom stereocenters. The number of methoxy groups -OCH3 is 2. The highest BCUT2D eigenvalue weighted by Gasteiger charge is 2.11. The molecule has 1 atom stereocenters. The summed E-state index contributed by atoms with van der Waals surface area (Å²) >= 11 is 0. The maximum absolute atomic E-state index is 10.2. The second kappa shape index (κ2) is 8.71. The van der Waals surface area contributed by atoms with Crippen molar-refractivity contribution in [2.75, 3.05) is 27.3 Å². The maximum atomic E-state index is 10.2. The average Bonchev–Trinajstić information content (AvgIpc) is 2.59. The summed E-state index contributed by atoms with van der Waals surface area (Å²) in [5.41, 5.74) is 4.42. The number of aliphatic hydroxyl groups excluding tert-OH is 1. The van der Waals surface area contributed by atoms with Crippen LogP contribution in [-0.2, 0) is 6.42 Å². The van der Waals surface area contributed by atoms with Crippen molar-refractivity contribution in [1.29, 1.82) is 0 Å². The molecule has 2 rings (SSSR count). The van der Waals surface area contributed by atoms with Crippen molar-refractivity contribution in [3.8, 4) is 11.5 Å². The smallest absolute Gasteiger partial charge is 0.163 e. The summed E-state index contributed by atoms with van der Waals surface area (Å²) in [5, 5.41) is 13.6. The Bertz CT molecular complexity index is 670. The van der Waals surface area contributed by atoms with Crippen LogP contribution in [0.5, 0.6) is 11.5 Å². The van der Waals surface area contributed by atoms with Crippen LogP contribution in [-0.4, -0.2) is 32.4 Å². The highest BCUT2D eigenvalue weighted by Crippen LogP contribution is 2.32. The molecule has 0 aliphatic carbocycles. The second-order valence-corrected chi connectivity index (χ2v) is 5.97. The molecule has 2 aromatic rings. The molecule has 0 heterocycles. The van der Waals surface area contributed by atoms with Gasteiger partial charge in [0.15, 0.2) is 11.5 Å². The standard InChI is InChI=1S/C20H27NO3/c1-14-6-5-7-17(12-14)18(22)13-21-11-10-16-8-9-19(23-3)20(24-4)15(16)2/h5-9,12,18,21-22H,10-11,13H2,1-4H3/t18-/m1/s1. The first-order valence-electron chi connectivity index (χ1n) is 8.22. The van der Waals surface area contributed by atoms with Crippen LogP contribution in [0.1, 0.15) is 28.4 Å². The number of hydrogen-bond acceptors (Lipinski definition) is 4. The number of hydrogen-bond donors (Lipinski definition) is 2. The fourth-order valence-electron chi connectivity index (χ4n) is 2.85. The van der Waals surface area contributed by atoms with Crippen molar-refractivity contribution in [1.82, 2.24) is 5.32 Å². The first kappa shape index (κ1) is 18.3. The van der Waals surface area contributed by atoms with Crippen LogP contribution in [0.15, 0.2) is 36.4 Å². The van der Waals surface area contributed by atoms with Crippen LogP contribution >= 0.6 is 0 Å². The van der Waals surface area contributed by atoms with E-state index in [2.05, 4.69) is 11.4 Å². The van der Waals surface area contributed by atoms with Crippen molar-refractivity contribution in [3.63, 3.8) is 0 Å². The highest BCUT2D eigenvalue weighted by atomic mass is 16.5. The zero-order chi connectivity index (χ0) is 17.5. The average molecular weight is 329 g/mol. The largest absolute Gasteiger partial charge is 0.493 e. The summed E-state index contributed by atoms with van der Waals surface area (Å²) in [6, 6.07) is 12.0. The van der Waals surface area contributed by atoms with E-state index < -0.39 is 6.10 Å². The lowest BCUT2D eigenvalue weighted by Gasteiger charge is -2.15. The summed E-state index contributed by atoms with van der Waals surface area (Å²) in [5.74, 6) is 1.54. The molecule has 0 aliphatic rings. The Morgan fingerprint density at radius 1 is 1.08 bits per heavy atom. The van der Waals surface area contributed by atoms with Gasteiger partial charge in [0.2, 0.25) is 0 Å². The third-order valence-corrected chi connectivity index (χ3v) is 4.24. The molecule has 2 N–H and O–H groups in total. The normalized spacial score (nSPS) is 12.0. The van der Waals surface area contributed by atoms with Crippen molar-refractivity contribution in [2.24, 2.45) is 0 Å². The van der Waals surface area contributed by atoms with Crippen LogP contribution in [0.3, 0.4) is 0 Å². The Labute approximate surface area is 144 Å². The van der Waals surface area contributed by atoms with Gasteiger partial charge in [0, 0.05) is 6.54 Å². The minimum atomic E-state index is -0.489. The zero-order valence-corrected chi connectivity index (χ0v) is 14.9. The molecular weight excluding hydrogens is 302 g/mol. The van der Waals surface area contributed by atoms with Crippen LogP contribution < -0.4 is 14.8 Å². The van der Waals surface area contributed by atoms with Gasteiger partial charge >= 0.3 is 0 Å². The third-order valence-electron chi connectivity index (χ3n) is 4.24. The van der Waals surface area contributed by atoms with Gasteiger partial charge in [-0.1, -0.05) is 35.9 Å². The van der Waals surface area contributed by atoms with Gasteiger partial charge in [0.25, 0.3) is 0 Å². The maximum Gasteiger partial charge on any atom is 0.163 e. The van der Waals surface area contributed by atoms with Crippen LogP contribution in [0.4, 0.5) is 0 Å². The predicted octanol–water partition coefficient (Wildman–Crippen LogP) is 3.19. The number of nitrogens with one attached hydrogen (secondary N) is 1. The Morgan fingerprint density at radius 2 is 1.88 bits per heavy atom. The van der Waals surface area contributed by atoms with E-state index in [1.165, 1.54) is 5.56 Å². The van der Waals surface area contributed by atoms with E-state index in [9.17, 15) is 5.11 Å². The Kier molecular flexibility index (Phi) is 6.64. The lowest BCUT2D eigenvalue weighted by atomic mass is 10.0. The number of aliphatic hydroxyl groups is 1. The topological polar surface area (TPSA) is 50.7 Å². The zero-order valence-electron chi connectivity index (χ0n) is 14.9. The SMILES string of the molecule is COc1ccc(CCNC[C@@H](O)c2cccc(C)c2)c(C)c1OC. The molecule has 24 heavy (non-hydrogen) atoms. The third kappa shape index (κ3) is 4.49. The van der Waals surface area contributed by atoms with E-state index in [0.717, 1.165) is 41.2 Å². The molecule has 0 bridgehead atoms. The molecule has 0 aliphatic heterocycles. The highest BCUT2D eigenvalue weighted by molar-refractivity contribution is 5.50. The minimum Gasteiger partial charge on any atom is -0.493 e. The lowest BCUT2D eigenvalue weighted by Crippen LogP contribution is -2.24. The molecule has 0 saturated carbocycles. The van der Waals surface area contributed by atoms with Crippen LogP contribution in [0.25, 0.3) is 0 Å². The first-order chi connectivity index (χ1) is 11.6. The quantitative estimate of drug-likeness (QED) is 0.730. The van der Waals surface area contributed by atoms with Gasteiger partial charge in [-0.3, -0.25) is 0 Å². The molecule has 0 spiro atoms. The molecular formula is C20H27NO3.